The lowest BCUT2D eigenvalue weighted by Crippen LogP contribution is -2.57. The van der Waals surface area contributed by atoms with E-state index >= 15 is 0 Å². The van der Waals surface area contributed by atoms with Crippen LogP contribution in [0.2, 0.25) is 0 Å². The molecule has 25 heavy (non-hydrogen) atoms. The Morgan fingerprint density at radius 3 is 2.60 bits per heavy atom. The molecule has 0 aliphatic carbocycles. The van der Waals surface area contributed by atoms with Crippen molar-refractivity contribution in [3.8, 4) is 0 Å². The molecule has 0 radical (unpaired) electrons. The van der Waals surface area contributed by atoms with Gasteiger partial charge in [-0.25, -0.2) is 13.8 Å². The second-order valence-corrected chi connectivity index (χ2v) is 7.49. The van der Waals surface area contributed by atoms with E-state index in [1.165, 1.54) is 18.3 Å². The number of aromatic nitrogens is 1. The Kier molecular flexibility index (Phi) is 4.47. The fourth-order valence-electron chi connectivity index (χ4n) is 3.47. The Morgan fingerprint density at radius 1 is 1.24 bits per heavy atom. The molecule has 2 aromatic rings. The Labute approximate surface area is 147 Å². The van der Waals surface area contributed by atoms with Crippen molar-refractivity contribution in [1.29, 1.82) is 0 Å². The molecule has 5 nitrogen and oxygen atoms in total. The molecule has 1 amide bonds. The molecule has 0 saturated carbocycles. The van der Waals surface area contributed by atoms with Crippen LogP contribution in [0.4, 0.5) is 8.78 Å². The van der Waals surface area contributed by atoms with Crippen LogP contribution in [0.15, 0.2) is 38.8 Å². The van der Waals surface area contributed by atoms with Crippen molar-refractivity contribution in [3.05, 3.63) is 41.9 Å². The fourth-order valence-corrected chi connectivity index (χ4v) is 4.28. The predicted octanol–water partition coefficient (Wildman–Crippen LogP) is 2.93. The number of fused-ring (bicyclic) bond motifs is 3. The highest BCUT2D eigenvalue weighted by atomic mass is 32.2. The summed E-state index contributed by atoms with van der Waals surface area (Å²) in [5.74, 6) is -1.20. The molecule has 4 heterocycles. The van der Waals surface area contributed by atoms with Crippen LogP contribution in [-0.4, -0.2) is 41.5 Å². The summed E-state index contributed by atoms with van der Waals surface area (Å²) in [5.41, 5.74) is 0. The number of benzene rings is 1. The number of halogens is 2. The van der Waals surface area contributed by atoms with Crippen LogP contribution in [0.1, 0.15) is 23.5 Å². The third-order valence-electron chi connectivity index (χ3n) is 4.71. The SMILES string of the molecule is O=C(N[C@H]1CN2CCC1CC2)c1ncc(Sc2cc(F)cc(F)c2)o1. The molecular formula is C17H17F2N3O2S. The van der Waals surface area contributed by atoms with Gasteiger partial charge in [0.15, 0.2) is 5.09 Å². The minimum Gasteiger partial charge on any atom is -0.425 e. The summed E-state index contributed by atoms with van der Waals surface area (Å²) in [6, 6.07) is 3.32. The number of piperidine rings is 3. The van der Waals surface area contributed by atoms with Gasteiger partial charge in [-0.15, -0.1) is 0 Å². The molecule has 5 rings (SSSR count). The summed E-state index contributed by atoms with van der Waals surface area (Å²) in [7, 11) is 0. The Hall–Kier alpha value is -1.93. The van der Waals surface area contributed by atoms with Crippen molar-refractivity contribution >= 4 is 17.7 Å². The van der Waals surface area contributed by atoms with E-state index in [0.717, 1.165) is 50.3 Å². The zero-order valence-electron chi connectivity index (χ0n) is 13.4. The third-order valence-corrected chi connectivity index (χ3v) is 5.57. The highest BCUT2D eigenvalue weighted by Gasteiger charge is 2.35. The van der Waals surface area contributed by atoms with Gasteiger partial charge in [-0.1, -0.05) is 11.8 Å². The van der Waals surface area contributed by atoms with E-state index in [4.69, 9.17) is 4.42 Å². The number of hydrogen-bond acceptors (Lipinski definition) is 5. The Bertz CT molecular complexity index is 770. The standard InChI is InChI=1S/C17H17F2N3O2S/c18-11-5-12(19)7-13(6-11)25-15-8-20-17(24-15)16(23)21-14-9-22-3-1-10(14)2-4-22/h5-8,10,14H,1-4,9H2,(H,21,23)/t14-/m0/s1. The molecule has 1 aromatic carbocycles. The van der Waals surface area contributed by atoms with Crippen molar-refractivity contribution in [2.45, 2.75) is 28.9 Å². The van der Waals surface area contributed by atoms with Crippen molar-refractivity contribution in [2.24, 2.45) is 5.92 Å². The maximum Gasteiger partial charge on any atom is 0.307 e. The van der Waals surface area contributed by atoms with Crippen molar-refractivity contribution in [3.63, 3.8) is 0 Å². The zero-order chi connectivity index (χ0) is 17.4. The summed E-state index contributed by atoms with van der Waals surface area (Å²) >= 11 is 1.01. The summed E-state index contributed by atoms with van der Waals surface area (Å²) in [4.78, 5) is 19.0. The lowest BCUT2D eigenvalue weighted by molar-refractivity contribution is 0.0599. The molecule has 0 unspecified atom stereocenters. The van der Waals surface area contributed by atoms with Gasteiger partial charge in [-0.05, 0) is 44.0 Å². The maximum absolute atomic E-state index is 13.2. The van der Waals surface area contributed by atoms with E-state index in [0.29, 0.717) is 15.9 Å². The first-order valence-electron chi connectivity index (χ1n) is 8.20. The van der Waals surface area contributed by atoms with Gasteiger partial charge < -0.3 is 14.6 Å². The predicted molar refractivity (Wildman–Crippen MR) is 87.4 cm³/mol. The van der Waals surface area contributed by atoms with E-state index in [1.54, 1.807) is 0 Å². The molecule has 3 fully saturated rings. The molecule has 8 heteroatoms. The Morgan fingerprint density at radius 2 is 1.96 bits per heavy atom. The van der Waals surface area contributed by atoms with Crippen LogP contribution < -0.4 is 5.32 Å². The van der Waals surface area contributed by atoms with Gasteiger partial charge >= 0.3 is 5.91 Å². The number of carbonyl (C=O) groups is 1. The van der Waals surface area contributed by atoms with Gasteiger partial charge in [0, 0.05) is 23.5 Å². The number of carbonyl (C=O) groups excluding carboxylic acids is 1. The monoisotopic (exact) mass is 365 g/mol. The van der Waals surface area contributed by atoms with E-state index in [9.17, 15) is 13.6 Å². The zero-order valence-corrected chi connectivity index (χ0v) is 14.2. The molecular weight excluding hydrogens is 348 g/mol. The van der Waals surface area contributed by atoms with Gasteiger partial charge in [-0.2, -0.15) is 0 Å². The summed E-state index contributed by atoms with van der Waals surface area (Å²) < 4.78 is 31.9. The third kappa shape index (κ3) is 3.69. The Balaban J connectivity index is 1.41. The molecule has 1 atom stereocenters. The smallest absolute Gasteiger partial charge is 0.307 e. The summed E-state index contributed by atoms with van der Waals surface area (Å²) in [6.45, 7) is 3.06. The average Bonchev–Trinajstić information content (AvgIpc) is 3.03. The average molecular weight is 365 g/mol. The molecule has 3 aliphatic heterocycles. The topological polar surface area (TPSA) is 58.4 Å². The highest BCUT2D eigenvalue weighted by Crippen LogP contribution is 2.30. The number of oxazole rings is 1. The highest BCUT2D eigenvalue weighted by molar-refractivity contribution is 7.99. The van der Waals surface area contributed by atoms with E-state index in [2.05, 4.69) is 15.2 Å². The van der Waals surface area contributed by atoms with Gasteiger partial charge in [0.25, 0.3) is 5.89 Å². The minimum atomic E-state index is -0.665. The van der Waals surface area contributed by atoms with Crippen LogP contribution in [0, 0.1) is 17.6 Å². The number of amides is 1. The summed E-state index contributed by atoms with van der Waals surface area (Å²) in [5, 5.41) is 3.31. The van der Waals surface area contributed by atoms with Crippen molar-refractivity contribution in [2.75, 3.05) is 19.6 Å². The van der Waals surface area contributed by atoms with Crippen molar-refractivity contribution < 1.29 is 18.0 Å². The van der Waals surface area contributed by atoms with Crippen LogP contribution in [0.3, 0.4) is 0 Å². The number of nitrogens with zero attached hydrogens (tertiary/aromatic N) is 2. The van der Waals surface area contributed by atoms with E-state index in [-0.39, 0.29) is 17.8 Å². The van der Waals surface area contributed by atoms with Crippen LogP contribution in [0.5, 0.6) is 0 Å². The van der Waals surface area contributed by atoms with Gasteiger partial charge in [0.05, 0.1) is 6.20 Å². The molecule has 3 aliphatic rings. The maximum atomic E-state index is 13.2. The largest absolute Gasteiger partial charge is 0.425 e. The number of rotatable bonds is 4. The first-order chi connectivity index (χ1) is 12.1. The van der Waals surface area contributed by atoms with Crippen LogP contribution >= 0.6 is 11.8 Å². The van der Waals surface area contributed by atoms with Gasteiger partial charge in [0.2, 0.25) is 0 Å². The lowest BCUT2D eigenvalue weighted by Gasteiger charge is -2.44. The second kappa shape index (κ2) is 6.76. The molecule has 1 N–H and O–H groups in total. The quantitative estimate of drug-likeness (QED) is 0.903. The number of nitrogens with one attached hydrogen (secondary N) is 1. The van der Waals surface area contributed by atoms with E-state index < -0.39 is 11.6 Å². The first-order valence-corrected chi connectivity index (χ1v) is 9.01. The summed E-state index contributed by atoms with van der Waals surface area (Å²) in [6.07, 6.45) is 3.59. The van der Waals surface area contributed by atoms with Crippen molar-refractivity contribution in [1.82, 2.24) is 15.2 Å². The molecule has 0 spiro atoms. The first kappa shape index (κ1) is 16.5. The molecule has 2 bridgehead atoms. The fraction of sp³-hybridized carbons (Fsp3) is 0.412. The molecule has 1 aromatic heterocycles. The van der Waals surface area contributed by atoms with Gasteiger partial charge in [0.1, 0.15) is 11.6 Å². The van der Waals surface area contributed by atoms with E-state index in [1.807, 2.05) is 0 Å². The van der Waals surface area contributed by atoms with Gasteiger partial charge in [-0.3, -0.25) is 4.79 Å². The minimum absolute atomic E-state index is 0.0316. The normalized spacial score (nSPS) is 25.1. The number of hydrogen-bond donors (Lipinski definition) is 1. The molecule has 3 saturated heterocycles. The lowest BCUT2D eigenvalue weighted by atomic mass is 9.84. The van der Waals surface area contributed by atoms with Crippen LogP contribution in [0.25, 0.3) is 0 Å². The molecule has 132 valence electrons. The second-order valence-electron chi connectivity index (χ2n) is 6.41. The van der Waals surface area contributed by atoms with Crippen LogP contribution in [-0.2, 0) is 0 Å².